The first kappa shape index (κ1) is 12.2. The molecule has 0 saturated carbocycles. The Balaban J connectivity index is 0. The summed E-state index contributed by atoms with van der Waals surface area (Å²) in [7, 11) is 0. The van der Waals surface area contributed by atoms with Gasteiger partial charge in [-0.05, 0) is 12.1 Å². The summed E-state index contributed by atoms with van der Waals surface area (Å²) < 4.78 is 0. The van der Waals surface area contributed by atoms with Gasteiger partial charge in [0.25, 0.3) is 0 Å². The van der Waals surface area contributed by atoms with E-state index in [9.17, 15) is 0 Å². The van der Waals surface area contributed by atoms with Crippen molar-refractivity contribution in [1.29, 1.82) is 0 Å². The summed E-state index contributed by atoms with van der Waals surface area (Å²) in [5, 5.41) is 0. The van der Waals surface area contributed by atoms with Crippen molar-refractivity contribution in [2.45, 2.75) is 0 Å². The molecule has 1 rings (SSSR count). The molecule has 4 nitrogen and oxygen atoms in total. The first-order valence-corrected chi connectivity index (χ1v) is 2.25. The van der Waals surface area contributed by atoms with E-state index in [4.69, 9.17) is 11.1 Å². The molecule has 0 unspecified atom stereocenters. The second kappa shape index (κ2) is 11.3. The monoisotopic (exact) mass is 144 g/mol. The van der Waals surface area contributed by atoms with Crippen LogP contribution in [0.15, 0.2) is 30.6 Å². The number of aromatic nitrogens is 1. The first-order valence-electron chi connectivity index (χ1n) is 2.25. The normalized spacial score (nSPS) is 5.60. The van der Waals surface area contributed by atoms with Gasteiger partial charge in [0.05, 0.1) is 0 Å². The molecule has 0 spiro atoms. The standard InChI is InChI=1S/C5H5N.N3.Na/c1-2-4-6-5-3-1;1-3-2;/h1-5H;;/q;-1;+1. The molecule has 0 aliphatic rings. The minimum absolute atomic E-state index is 0. The summed E-state index contributed by atoms with van der Waals surface area (Å²) in [5.41, 5.74) is 13.5. The second-order valence-electron chi connectivity index (χ2n) is 1.11. The van der Waals surface area contributed by atoms with Crippen molar-refractivity contribution >= 4 is 0 Å². The molecule has 0 fully saturated rings. The molecule has 0 aliphatic carbocycles. The third kappa shape index (κ3) is 10.4. The van der Waals surface area contributed by atoms with Gasteiger partial charge < -0.3 is 11.1 Å². The summed E-state index contributed by atoms with van der Waals surface area (Å²) in [6, 6.07) is 5.72. The van der Waals surface area contributed by atoms with Gasteiger partial charge in [0.1, 0.15) is 0 Å². The molecule has 0 bridgehead atoms. The molecular formula is C5H5N4Na. The smallest absolute Gasteiger partial charge is 0.373 e. The van der Waals surface area contributed by atoms with Crippen molar-refractivity contribution < 1.29 is 29.6 Å². The molecule has 0 amide bonds. The maximum atomic E-state index is 6.75. The molecule has 0 aliphatic heterocycles. The molecule has 0 atom stereocenters. The summed E-state index contributed by atoms with van der Waals surface area (Å²) in [4.78, 5) is 5.28. The molecule has 1 heterocycles. The average Bonchev–Trinajstić information content (AvgIpc) is 1.93. The molecule has 0 aromatic carbocycles. The summed E-state index contributed by atoms with van der Waals surface area (Å²) in [5.74, 6) is 0. The van der Waals surface area contributed by atoms with Crippen molar-refractivity contribution in [3.05, 3.63) is 46.6 Å². The molecule has 0 radical (unpaired) electrons. The van der Waals surface area contributed by atoms with Crippen molar-refractivity contribution in [2.75, 3.05) is 0 Å². The van der Waals surface area contributed by atoms with Crippen LogP contribution >= 0.6 is 0 Å². The predicted octanol–water partition coefficient (Wildman–Crippen LogP) is -1.05. The van der Waals surface area contributed by atoms with Crippen LogP contribution in [0.25, 0.3) is 16.0 Å². The van der Waals surface area contributed by atoms with Crippen molar-refractivity contribution in [2.24, 2.45) is 0 Å². The molecule has 0 N–H and O–H groups in total. The topological polar surface area (TPSA) is 71.6 Å². The molecule has 46 valence electrons. The van der Waals surface area contributed by atoms with E-state index >= 15 is 0 Å². The average molecular weight is 144 g/mol. The van der Waals surface area contributed by atoms with Gasteiger partial charge in [0, 0.05) is 12.4 Å². The first-order chi connectivity index (χ1) is 4.41. The number of pyridine rings is 1. The third-order valence-corrected chi connectivity index (χ3v) is 0.566. The zero-order chi connectivity index (χ0) is 6.95. The Bertz CT molecular complexity index is 144. The van der Waals surface area contributed by atoms with E-state index < -0.39 is 0 Å². The maximum absolute atomic E-state index is 6.75. The fourth-order valence-electron chi connectivity index (χ4n) is 0.313. The SMILES string of the molecule is [N-]=[N+]=[N-].[Na+].c1ccncc1. The molecule has 0 saturated heterocycles. The van der Waals surface area contributed by atoms with Gasteiger partial charge in [0.2, 0.25) is 0 Å². The van der Waals surface area contributed by atoms with E-state index in [1.54, 1.807) is 12.4 Å². The van der Waals surface area contributed by atoms with Crippen LogP contribution in [-0.2, 0) is 0 Å². The van der Waals surface area contributed by atoms with Crippen LogP contribution in [0.2, 0.25) is 0 Å². The Morgan fingerprint density at radius 3 is 1.50 bits per heavy atom. The van der Waals surface area contributed by atoms with Crippen LogP contribution in [0.4, 0.5) is 0 Å². The van der Waals surface area contributed by atoms with Crippen molar-refractivity contribution in [1.82, 2.24) is 4.98 Å². The van der Waals surface area contributed by atoms with E-state index in [0.717, 1.165) is 0 Å². The Morgan fingerprint density at radius 1 is 1.00 bits per heavy atom. The molecule has 5 heteroatoms. The Kier molecular flexibility index (Phi) is 13.7. The van der Waals surface area contributed by atoms with Gasteiger partial charge in [-0.1, -0.05) is 6.07 Å². The van der Waals surface area contributed by atoms with Crippen LogP contribution in [-0.4, -0.2) is 4.98 Å². The van der Waals surface area contributed by atoms with Gasteiger partial charge in [0.15, 0.2) is 0 Å². The predicted molar refractivity (Wildman–Crippen MR) is 34.3 cm³/mol. The van der Waals surface area contributed by atoms with Crippen molar-refractivity contribution in [3.63, 3.8) is 0 Å². The van der Waals surface area contributed by atoms with E-state index in [2.05, 4.69) is 4.98 Å². The van der Waals surface area contributed by atoms with E-state index in [0.29, 0.717) is 0 Å². The van der Waals surface area contributed by atoms with E-state index in [1.165, 1.54) is 4.91 Å². The third-order valence-electron chi connectivity index (χ3n) is 0.566. The Morgan fingerprint density at radius 2 is 1.40 bits per heavy atom. The summed E-state index contributed by atoms with van der Waals surface area (Å²) in [6.07, 6.45) is 3.50. The number of hydrogen-bond donors (Lipinski definition) is 0. The molecule has 1 aromatic heterocycles. The zero-order valence-corrected chi connectivity index (χ0v) is 7.68. The summed E-state index contributed by atoms with van der Waals surface area (Å²) in [6.45, 7) is 0. The van der Waals surface area contributed by atoms with E-state index in [-0.39, 0.29) is 29.6 Å². The van der Waals surface area contributed by atoms with Gasteiger partial charge in [-0.15, -0.1) is 0 Å². The Labute approximate surface area is 81.0 Å². The van der Waals surface area contributed by atoms with Crippen LogP contribution in [0.1, 0.15) is 0 Å². The Hall–Kier alpha value is -0.540. The molecule has 10 heavy (non-hydrogen) atoms. The largest absolute Gasteiger partial charge is 1.00 e. The van der Waals surface area contributed by atoms with Gasteiger partial charge in [-0.25, -0.2) is 0 Å². The van der Waals surface area contributed by atoms with Gasteiger partial charge in [-0.3, -0.25) is 9.90 Å². The van der Waals surface area contributed by atoms with Crippen molar-refractivity contribution in [3.8, 4) is 0 Å². The molecule has 1 aromatic rings. The number of hydrogen-bond acceptors (Lipinski definition) is 1. The minimum atomic E-state index is 0. The van der Waals surface area contributed by atoms with Crippen LogP contribution in [0.3, 0.4) is 0 Å². The second-order valence-corrected chi connectivity index (χ2v) is 1.11. The number of rotatable bonds is 0. The minimum Gasteiger partial charge on any atom is -0.373 e. The molecular weight excluding hydrogens is 139 g/mol. The summed E-state index contributed by atoms with van der Waals surface area (Å²) >= 11 is 0. The zero-order valence-electron chi connectivity index (χ0n) is 5.68. The quantitative estimate of drug-likeness (QED) is 0.198. The van der Waals surface area contributed by atoms with Gasteiger partial charge >= 0.3 is 29.6 Å². The fraction of sp³-hybridized carbons (Fsp3) is 0. The van der Waals surface area contributed by atoms with Gasteiger partial charge in [-0.2, -0.15) is 0 Å². The fourth-order valence-corrected chi connectivity index (χ4v) is 0.313. The van der Waals surface area contributed by atoms with Crippen LogP contribution in [0, 0.1) is 0 Å². The van der Waals surface area contributed by atoms with Crippen LogP contribution in [0.5, 0.6) is 0 Å². The number of nitrogens with zero attached hydrogens (tertiary/aromatic N) is 4. The van der Waals surface area contributed by atoms with Crippen LogP contribution < -0.4 is 29.6 Å². The van der Waals surface area contributed by atoms with E-state index in [1.807, 2.05) is 18.2 Å². The maximum Gasteiger partial charge on any atom is 1.00 e.